The number of anilines is 1. The van der Waals surface area contributed by atoms with Crippen molar-refractivity contribution in [2.24, 2.45) is 0 Å². The van der Waals surface area contributed by atoms with Gasteiger partial charge in [0.25, 0.3) is 0 Å². The molecule has 6 nitrogen and oxygen atoms in total. The molecule has 0 radical (unpaired) electrons. The van der Waals surface area contributed by atoms with Gasteiger partial charge in [-0.15, -0.1) is 0 Å². The van der Waals surface area contributed by atoms with Crippen LogP contribution in [0, 0.1) is 13.8 Å². The van der Waals surface area contributed by atoms with Crippen LogP contribution >= 0.6 is 0 Å². The summed E-state index contributed by atoms with van der Waals surface area (Å²) in [5, 5.41) is 2.75. The van der Waals surface area contributed by atoms with Crippen LogP contribution in [-0.2, 0) is 21.4 Å². The summed E-state index contributed by atoms with van der Waals surface area (Å²) in [6.07, 6.45) is 1.10. The van der Waals surface area contributed by atoms with Crippen LogP contribution in [0.5, 0.6) is 5.75 Å². The molecule has 2 rings (SSSR count). The average molecular weight is 376 g/mol. The van der Waals surface area contributed by atoms with Gasteiger partial charge in [-0.2, -0.15) is 0 Å². The maximum absolute atomic E-state index is 12.4. The second-order valence-electron chi connectivity index (χ2n) is 6.20. The number of methoxy groups -OCH3 is 1. The zero-order valence-corrected chi connectivity index (χ0v) is 16.3. The van der Waals surface area contributed by atoms with Crippen LogP contribution in [0.2, 0.25) is 0 Å². The molecule has 0 heterocycles. The number of amides is 1. The van der Waals surface area contributed by atoms with Gasteiger partial charge in [-0.3, -0.25) is 9.10 Å². The maximum Gasteiger partial charge on any atom is 0.241 e. The van der Waals surface area contributed by atoms with E-state index < -0.39 is 10.0 Å². The fourth-order valence-electron chi connectivity index (χ4n) is 2.72. The number of ether oxygens (including phenoxy) is 1. The number of benzene rings is 2. The molecular weight excluding hydrogens is 352 g/mol. The molecule has 2 aromatic carbocycles. The lowest BCUT2D eigenvalue weighted by atomic mass is 10.1. The quantitative estimate of drug-likeness (QED) is 0.805. The van der Waals surface area contributed by atoms with Crippen molar-refractivity contribution in [2.75, 3.05) is 24.2 Å². The second-order valence-corrected chi connectivity index (χ2v) is 8.11. The molecule has 0 aliphatic heterocycles. The summed E-state index contributed by atoms with van der Waals surface area (Å²) < 4.78 is 30.7. The van der Waals surface area contributed by atoms with Gasteiger partial charge < -0.3 is 10.1 Å². The molecule has 0 aliphatic rings. The van der Waals surface area contributed by atoms with E-state index in [-0.39, 0.29) is 19.0 Å². The van der Waals surface area contributed by atoms with Gasteiger partial charge in [-0.1, -0.05) is 24.3 Å². The van der Waals surface area contributed by atoms with Gasteiger partial charge in [0.15, 0.2) is 0 Å². The summed E-state index contributed by atoms with van der Waals surface area (Å²) in [7, 11) is -2.03. The van der Waals surface area contributed by atoms with Crippen molar-refractivity contribution in [3.05, 3.63) is 59.2 Å². The standard InChI is InChI=1S/C19H24N2O4S/c1-14-9-15(2)11-17(10-14)21(26(4,23)24)13-19(22)20-12-16-7-5-6-8-18(16)25-3/h5-11H,12-13H2,1-4H3,(H,20,22). The Balaban J connectivity index is 2.15. The van der Waals surface area contributed by atoms with Gasteiger partial charge in [-0.05, 0) is 43.2 Å². The number of hydrogen-bond acceptors (Lipinski definition) is 4. The molecule has 0 fully saturated rings. The average Bonchev–Trinajstić information content (AvgIpc) is 2.56. The van der Waals surface area contributed by atoms with Crippen molar-refractivity contribution < 1.29 is 17.9 Å². The zero-order chi connectivity index (χ0) is 19.3. The Kier molecular flexibility index (Phi) is 6.26. The Morgan fingerprint density at radius 1 is 1.12 bits per heavy atom. The molecule has 26 heavy (non-hydrogen) atoms. The highest BCUT2D eigenvalue weighted by Crippen LogP contribution is 2.21. The van der Waals surface area contributed by atoms with Crippen LogP contribution in [0.3, 0.4) is 0 Å². The minimum atomic E-state index is -3.59. The highest BCUT2D eigenvalue weighted by atomic mass is 32.2. The van der Waals surface area contributed by atoms with Gasteiger partial charge >= 0.3 is 0 Å². The molecule has 0 saturated heterocycles. The Bertz CT molecular complexity index is 874. The summed E-state index contributed by atoms with van der Waals surface area (Å²) in [5.74, 6) is 0.280. The zero-order valence-electron chi connectivity index (χ0n) is 15.4. The van der Waals surface area contributed by atoms with Crippen molar-refractivity contribution in [1.82, 2.24) is 5.32 Å². The molecule has 1 amide bonds. The highest BCUT2D eigenvalue weighted by molar-refractivity contribution is 7.92. The Hall–Kier alpha value is -2.54. The summed E-state index contributed by atoms with van der Waals surface area (Å²) in [4.78, 5) is 12.4. The first kappa shape index (κ1) is 19.8. The number of aryl methyl sites for hydroxylation is 2. The van der Waals surface area contributed by atoms with Gasteiger partial charge in [0, 0.05) is 12.1 Å². The van der Waals surface area contributed by atoms with Crippen LogP contribution in [0.4, 0.5) is 5.69 Å². The van der Waals surface area contributed by atoms with Gasteiger partial charge in [0.1, 0.15) is 12.3 Å². The molecule has 0 bridgehead atoms. The number of sulfonamides is 1. The minimum Gasteiger partial charge on any atom is -0.496 e. The molecule has 140 valence electrons. The molecule has 0 aromatic heterocycles. The minimum absolute atomic E-state index is 0.257. The summed E-state index contributed by atoms with van der Waals surface area (Å²) in [5.41, 5.74) is 3.17. The van der Waals surface area contributed by atoms with E-state index in [9.17, 15) is 13.2 Å². The third-order valence-electron chi connectivity index (χ3n) is 3.85. The molecule has 0 aliphatic carbocycles. The fourth-order valence-corrected chi connectivity index (χ4v) is 3.56. The van der Waals surface area contributed by atoms with Crippen molar-refractivity contribution in [3.8, 4) is 5.75 Å². The number of nitrogens with zero attached hydrogens (tertiary/aromatic N) is 1. The van der Waals surface area contributed by atoms with Gasteiger partial charge in [0.05, 0.1) is 19.1 Å². The Morgan fingerprint density at radius 2 is 1.73 bits per heavy atom. The molecule has 0 spiro atoms. The Labute approximate surface area is 154 Å². The third kappa shape index (κ3) is 5.23. The number of nitrogens with one attached hydrogen (secondary N) is 1. The first-order valence-corrected chi connectivity index (χ1v) is 10.00. The van der Waals surface area contributed by atoms with Gasteiger partial charge in [0.2, 0.25) is 15.9 Å². The molecule has 1 N–H and O–H groups in total. The molecule has 0 saturated carbocycles. The number of para-hydroxylation sites is 1. The largest absolute Gasteiger partial charge is 0.496 e. The smallest absolute Gasteiger partial charge is 0.241 e. The van der Waals surface area contributed by atoms with Crippen molar-refractivity contribution in [2.45, 2.75) is 20.4 Å². The summed E-state index contributed by atoms with van der Waals surface area (Å²) in [6.45, 7) is 3.75. The van der Waals surface area contributed by atoms with E-state index in [0.717, 1.165) is 27.3 Å². The van der Waals surface area contributed by atoms with E-state index in [1.54, 1.807) is 25.3 Å². The first-order valence-electron chi connectivity index (χ1n) is 8.15. The topological polar surface area (TPSA) is 75.7 Å². The lowest BCUT2D eigenvalue weighted by Gasteiger charge is -2.23. The van der Waals surface area contributed by atoms with E-state index in [4.69, 9.17) is 4.74 Å². The molecular formula is C19H24N2O4S. The molecule has 0 atom stereocenters. The highest BCUT2D eigenvalue weighted by Gasteiger charge is 2.21. The van der Waals surface area contributed by atoms with Crippen molar-refractivity contribution >= 4 is 21.6 Å². The lowest BCUT2D eigenvalue weighted by Crippen LogP contribution is -2.40. The van der Waals surface area contributed by atoms with E-state index >= 15 is 0 Å². The van der Waals surface area contributed by atoms with E-state index in [2.05, 4.69) is 5.32 Å². The fraction of sp³-hybridized carbons (Fsp3) is 0.316. The molecule has 7 heteroatoms. The van der Waals surface area contributed by atoms with E-state index in [1.165, 1.54) is 0 Å². The van der Waals surface area contributed by atoms with Crippen LogP contribution in [-0.4, -0.2) is 34.2 Å². The monoisotopic (exact) mass is 376 g/mol. The van der Waals surface area contributed by atoms with Crippen LogP contribution in [0.1, 0.15) is 16.7 Å². The number of hydrogen-bond donors (Lipinski definition) is 1. The first-order chi connectivity index (χ1) is 12.2. The van der Waals surface area contributed by atoms with Crippen LogP contribution in [0.25, 0.3) is 0 Å². The maximum atomic E-state index is 12.4. The lowest BCUT2D eigenvalue weighted by molar-refractivity contribution is -0.119. The molecule has 2 aromatic rings. The van der Waals surface area contributed by atoms with Crippen LogP contribution in [0.15, 0.2) is 42.5 Å². The van der Waals surface area contributed by atoms with Crippen molar-refractivity contribution in [3.63, 3.8) is 0 Å². The number of carbonyl (C=O) groups is 1. The normalized spacial score (nSPS) is 11.1. The third-order valence-corrected chi connectivity index (χ3v) is 4.99. The van der Waals surface area contributed by atoms with E-state index in [0.29, 0.717) is 11.4 Å². The SMILES string of the molecule is COc1ccccc1CNC(=O)CN(c1cc(C)cc(C)c1)S(C)(=O)=O. The predicted molar refractivity (Wildman–Crippen MR) is 103 cm³/mol. The number of carbonyl (C=O) groups excluding carboxylic acids is 1. The van der Waals surface area contributed by atoms with Crippen molar-refractivity contribution in [1.29, 1.82) is 0 Å². The summed E-state index contributed by atoms with van der Waals surface area (Å²) in [6, 6.07) is 12.8. The second kappa shape index (κ2) is 8.23. The molecule has 0 unspecified atom stereocenters. The van der Waals surface area contributed by atoms with E-state index in [1.807, 2.05) is 38.1 Å². The van der Waals surface area contributed by atoms with Crippen LogP contribution < -0.4 is 14.4 Å². The van der Waals surface area contributed by atoms with Gasteiger partial charge in [-0.25, -0.2) is 8.42 Å². The summed E-state index contributed by atoms with van der Waals surface area (Å²) >= 11 is 0. The predicted octanol–water partition coefficient (Wildman–Crippen LogP) is 2.39. The number of rotatable bonds is 7. The Morgan fingerprint density at radius 3 is 2.31 bits per heavy atom.